The van der Waals surface area contributed by atoms with E-state index >= 15 is 0 Å². The molecule has 0 aliphatic carbocycles. The predicted molar refractivity (Wildman–Crippen MR) is 55.3 cm³/mol. The SMILES string of the molecule is C=C(C)CNC(=O)c1cc(C)oc1C. The van der Waals surface area contributed by atoms with Crippen LogP contribution in [0.4, 0.5) is 0 Å². The van der Waals surface area contributed by atoms with Gasteiger partial charge in [-0.3, -0.25) is 4.79 Å². The van der Waals surface area contributed by atoms with E-state index in [1.165, 1.54) is 0 Å². The largest absolute Gasteiger partial charge is 0.466 e. The normalized spacial score (nSPS) is 9.93. The van der Waals surface area contributed by atoms with Crippen LogP contribution in [0.1, 0.15) is 28.8 Å². The molecule has 0 aliphatic rings. The number of amides is 1. The van der Waals surface area contributed by atoms with E-state index in [4.69, 9.17) is 4.42 Å². The van der Waals surface area contributed by atoms with Crippen LogP contribution in [0.3, 0.4) is 0 Å². The van der Waals surface area contributed by atoms with Crippen LogP contribution >= 0.6 is 0 Å². The Balaban J connectivity index is 2.69. The van der Waals surface area contributed by atoms with Crippen molar-refractivity contribution in [1.29, 1.82) is 0 Å². The predicted octanol–water partition coefficient (Wildman–Crippen LogP) is 2.20. The average Bonchev–Trinajstić information content (AvgIpc) is 2.41. The summed E-state index contributed by atoms with van der Waals surface area (Å²) < 4.78 is 5.26. The summed E-state index contributed by atoms with van der Waals surface area (Å²) in [4.78, 5) is 11.6. The molecule has 1 N–H and O–H groups in total. The van der Waals surface area contributed by atoms with E-state index in [2.05, 4.69) is 11.9 Å². The number of carbonyl (C=O) groups is 1. The summed E-state index contributed by atoms with van der Waals surface area (Å²) in [5, 5.41) is 2.75. The Labute approximate surface area is 83.8 Å². The molecular formula is C11H15NO2. The van der Waals surface area contributed by atoms with Gasteiger partial charge in [-0.15, -0.1) is 0 Å². The highest BCUT2D eigenvalue weighted by molar-refractivity contribution is 5.95. The Hall–Kier alpha value is -1.51. The molecule has 0 atom stereocenters. The first-order valence-corrected chi connectivity index (χ1v) is 4.50. The van der Waals surface area contributed by atoms with Gasteiger partial charge in [0.25, 0.3) is 5.91 Å². The fourth-order valence-corrected chi connectivity index (χ4v) is 1.18. The topological polar surface area (TPSA) is 42.2 Å². The molecule has 14 heavy (non-hydrogen) atoms. The number of aryl methyl sites for hydroxylation is 2. The molecule has 1 aromatic rings. The Morgan fingerprint density at radius 1 is 1.57 bits per heavy atom. The average molecular weight is 193 g/mol. The van der Waals surface area contributed by atoms with Gasteiger partial charge in [-0.05, 0) is 26.8 Å². The van der Waals surface area contributed by atoms with Gasteiger partial charge in [-0.25, -0.2) is 0 Å². The molecule has 1 amide bonds. The van der Waals surface area contributed by atoms with Crippen molar-refractivity contribution in [2.75, 3.05) is 6.54 Å². The molecule has 76 valence electrons. The van der Waals surface area contributed by atoms with Crippen molar-refractivity contribution in [3.8, 4) is 0 Å². The van der Waals surface area contributed by atoms with Gasteiger partial charge in [0.2, 0.25) is 0 Å². The van der Waals surface area contributed by atoms with E-state index in [0.29, 0.717) is 17.9 Å². The Kier molecular flexibility index (Phi) is 3.12. The monoisotopic (exact) mass is 193 g/mol. The third-order valence-corrected chi connectivity index (χ3v) is 1.84. The van der Waals surface area contributed by atoms with E-state index in [0.717, 1.165) is 11.3 Å². The summed E-state index contributed by atoms with van der Waals surface area (Å²) in [6.07, 6.45) is 0. The lowest BCUT2D eigenvalue weighted by atomic mass is 10.2. The summed E-state index contributed by atoms with van der Waals surface area (Å²) in [6.45, 7) is 9.68. The highest BCUT2D eigenvalue weighted by Crippen LogP contribution is 2.13. The van der Waals surface area contributed by atoms with Crippen LogP contribution in [-0.4, -0.2) is 12.5 Å². The van der Waals surface area contributed by atoms with Crippen LogP contribution in [-0.2, 0) is 0 Å². The standard InChI is InChI=1S/C11H15NO2/c1-7(2)6-12-11(13)10-5-8(3)14-9(10)4/h5H,1,6H2,2-4H3,(H,12,13). The van der Waals surface area contributed by atoms with Crippen molar-refractivity contribution in [2.24, 2.45) is 0 Å². The van der Waals surface area contributed by atoms with Crippen LogP contribution in [0.5, 0.6) is 0 Å². The molecule has 0 aromatic carbocycles. The number of rotatable bonds is 3. The maximum atomic E-state index is 11.6. The van der Waals surface area contributed by atoms with Crippen molar-refractivity contribution in [3.63, 3.8) is 0 Å². The number of carbonyl (C=O) groups excluding carboxylic acids is 1. The second-order valence-corrected chi connectivity index (χ2v) is 3.47. The molecule has 0 saturated heterocycles. The first-order chi connectivity index (χ1) is 6.50. The zero-order chi connectivity index (χ0) is 10.7. The first kappa shape index (κ1) is 10.6. The molecule has 0 radical (unpaired) electrons. The lowest BCUT2D eigenvalue weighted by Crippen LogP contribution is -2.24. The molecule has 0 unspecified atom stereocenters. The quantitative estimate of drug-likeness (QED) is 0.748. The van der Waals surface area contributed by atoms with Crippen LogP contribution < -0.4 is 5.32 Å². The minimum atomic E-state index is -0.109. The van der Waals surface area contributed by atoms with Crippen molar-refractivity contribution in [3.05, 3.63) is 35.3 Å². The minimum absolute atomic E-state index is 0.109. The zero-order valence-corrected chi connectivity index (χ0v) is 8.81. The highest BCUT2D eigenvalue weighted by Gasteiger charge is 2.12. The van der Waals surface area contributed by atoms with E-state index in [1.807, 2.05) is 13.8 Å². The highest BCUT2D eigenvalue weighted by atomic mass is 16.3. The van der Waals surface area contributed by atoms with Gasteiger partial charge >= 0.3 is 0 Å². The van der Waals surface area contributed by atoms with Gasteiger partial charge < -0.3 is 9.73 Å². The van der Waals surface area contributed by atoms with E-state index < -0.39 is 0 Å². The Bertz CT molecular complexity index is 363. The smallest absolute Gasteiger partial charge is 0.255 e. The van der Waals surface area contributed by atoms with E-state index in [-0.39, 0.29) is 5.91 Å². The Morgan fingerprint density at radius 3 is 2.64 bits per heavy atom. The second kappa shape index (κ2) is 4.13. The number of hydrogen-bond acceptors (Lipinski definition) is 2. The van der Waals surface area contributed by atoms with Gasteiger partial charge in [0.15, 0.2) is 0 Å². The van der Waals surface area contributed by atoms with E-state index in [9.17, 15) is 4.79 Å². The van der Waals surface area contributed by atoms with Gasteiger partial charge in [0, 0.05) is 6.54 Å². The molecule has 0 bridgehead atoms. The molecule has 0 spiro atoms. The summed E-state index contributed by atoms with van der Waals surface area (Å²) in [5.41, 5.74) is 1.53. The van der Waals surface area contributed by atoms with Crippen LogP contribution in [0.2, 0.25) is 0 Å². The third-order valence-electron chi connectivity index (χ3n) is 1.84. The fraction of sp³-hybridized carbons (Fsp3) is 0.364. The lowest BCUT2D eigenvalue weighted by molar-refractivity contribution is 0.0955. The van der Waals surface area contributed by atoms with Gasteiger partial charge in [-0.2, -0.15) is 0 Å². The van der Waals surface area contributed by atoms with E-state index in [1.54, 1.807) is 13.0 Å². The van der Waals surface area contributed by atoms with Crippen molar-refractivity contribution < 1.29 is 9.21 Å². The second-order valence-electron chi connectivity index (χ2n) is 3.47. The Morgan fingerprint density at radius 2 is 2.21 bits per heavy atom. The first-order valence-electron chi connectivity index (χ1n) is 4.50. The third kappa shape index (κ3) is 2.49. The molecule has 1 aromatic heterocycles. The van der Waals surface area contributed by atoms with Gasteiger partial charge in [0.05, 0.1) is 5.56 Å². The molecular weight excluding hydrogens is 178 g/mol. The number of hydrogen-bond donors (Lipinski definition) is 1. The van der Waals surface area contributed by atoms with Crippen molar-refractivity contribution in [2.45, 2.75) is 20.8 Å². The summed E-state index contributed by atoms with van der Waals surface area (Å²) in [5.74, 6) is 1.30. The summed E-state index contributed by atoms with van der Waals surface area (Å²) in [7, 11) is 0. The number of nitrogens with one attached hydrogen (secondary N) is 1. The van der Waals surface area contributed by atoms with Crippen molar-refractivity contribution >= 4 is 5.91 Å². The summed E-state index contributed by atoms with van der Waals surface area (Å²) >= 11 is 0. The van der Waals surface area contributed by atoms with Crippen molar-refractivity contribution in [1.82, 2.24) is 5.32 Å². The molecule has 3 heteroatoms. The summed E-state index contributed by atoms with van der Waals surface area (Å²) in [6, 6.07) is 1.74. The molecule has 1 heterocycles. The molecule has 0 fully saturated rings. The molecule has 0 aliphatic heterocycles. The number of furan rings is 1. The minimum Gasteiger partial charge on any atom is -0.466 e. The molecule has 3 nitrogen and oxygen atoms in total. The lowest BCUT2D eigenvalue weighted by Gasteiger charge is -2.02. The maximum Gasteiger partial charge on any atom is 0.255 e. The molecule has 1 rings (SSSR count). The maximum absolute atomic E-state index is 11.6. The van der Waals surface area contributed by atoms with Crippen LogP contribution in [0.15, 0.2) is 22.6 Å². The van der Waals surface area contributed by atoms with Crippen LogP contribution in [0, 0.1) is 13.8 Å². The van der Waals surface area contributed by atoms with Gasteiger partial charge in [0.1, 0.15) is 11.5 Å². The van der Waals surface area contributed by atoms with Gasteiger partial charge in [-0.1, -0.05) is 12.2 Å². The fourth-order valence-electron chi connectivity index (χ4n) is 1.18. The van der Waals surface area contributed by atoms with Crippen LogP contribution in [0.25, 0.3) is 0 Å². The zero-order valence-electron chi connectivity index (χ0n) is 8.81. The molecule has 0 saturated carbocycles.